The summed E-state index contributed by atoms with van der Waals surface area (Å²) >= 11 is 0. The van der Waals surface area contributed by atoms with E-state index in [9.17, 15) is 17.6 Å². The van der Waals surface area contributed by atoms with Crippen molar-refractivity contribution < 1.29 is 22.0 Å². The van der Waals surface area contributed by atoms with E-state index < -0.39 is 21.7 Å². The van der Waals surface area contributed by atoms with E-state index in [-0.39, 0.29) is 18.8 Å². The Hall–Kier alpha value is -2.35. The van der Waals surface area contributed by atoms with Crippen LogP contribution in [0.15, 0.2) is 47.1 Å². The Morgan fingerprint density at radius 3 is 2.50 bits per heavy atom. The zero-order valence-corrected chi connectivity index (χ0v) is 12.6. The fourth-order valence-electron chi connectivity index (χ4n) is 1.86. The number of rotatable bonds is 6. The van der Waals surface area contributed by atoms with Crippen LogP contribution in [0.4, 0.5) is 10.1 Å². The number of halogens is 1. The molecule has 1 N–H and O–H groups in total. The SMILES string of the molecule is CS(=O)(=O)N(CCNC(=O)c1ccco1)c1ccc(F)cc1. The van der Waals surface area contributed by atoms with Gasteiger partial charge in [-0.1, -0.05) is 0 Å². The zero-order chi connectivity index (χ0) is 16.2. The standard InChI is InChI=1S/C14H15FN2O4S/c1-22(19,20)17(12-6-4-11(15)5-7-12)9-8-16-14(18)13-3-2-10-21-13/h2-7,10H,8-9H2,1H3,(H,16,18). The van der Waals surface area contributed by atoms with Crippen molar-refractivity contribution in [3.8, 4) is 0 Å². The van der Waals surface area contributed by atoms with Crippen molar-refractivity contribution in [3.05, 3.63) is 54.2 Å². The number of furan rings is 1. The number of hydrogen-bond acceptors (Lipinski definition) is 4. The third kappa shape index (κ3) is 4.08. The molecule has 0 saturated carbocycles. The van der Waals surface area contributed by atoms with Gasteiger partial charge < -0.3 is 9.73 Å². The summed E-state index contributed by atoms with van der Waals surface area (Å²) in [5.74, 6) is -0.742. The Morgan fingerprint density at radius 2 is 1.95 bits per heavy atom. The maximum atomic E-state index is 12.9. The summed E-state index contributed by atoms with van der Waals surface area (Å²) in [6.45, 7) is 0.112. The van der Waals surface area contributed by atoms with Gasteiger partial charge in [-0.25, -0.2) is 12.8 Å². The molecule has 0 saturated heterocycles. The molecule has 1 heterocycles. The summed E-state index contributed by atoms with van der Waals surface area (Å²) in [6, 6.07) is 8.17. The van der Waals surface area contributed by atoms with Gasteiger partial charge >= 0.3 is 0 Å². The van der Waals surface area contributed by atoms with E-state index in [2.05, 4.69) is 5.32 Å². The lowest BCUT2D eigenvalue weighted by Gasteiger charge is -2.22. The van der Waals surface area contributed by atoms with Crippen LogP contribution < -0.4 is 9.62 Å². The number of hydrogen-bond donors (Lipinski definition) is 1. The van der Waals surface area contributed by atoms with Gasteiger partial charge in [0.2, 0.25) is 10.0 Å². The number of carbonyl (C=O) groups excluding carboxylic acids is 1. The molecule has 2 aromatic rings. The third-order valence-corrected chi connectivity index (χ3v) is 4.05. The van der Waals surface area contributed by atoms with Crippen molar-refractivity contribution in [2.75, 3.05) is 23.7 Å². The van der Waals surface area contributed by atoms with Gasteiger partial charge in [0.1, 0.15) is 5.82 Å². The average Bonchev–Trinajstić information content (AvgIpc) is 2.97. The van der Waals surface area contributed by atoms with Crippen molar-refractivity contribution >= 4 is 21.6 Å². The first-order chi connectivity index (χ1) is 10.4. The Bertz CT molecular complexity index is 727. The van der Waals surface area contributed by atoms with Gasteiger partial charge in [0.15, 0.2) is 5.76 Å². The highest BCUT2D eigenvalue weighted by molar-refractivity contribution is 7.92. The van der Waals surface area contributed by atoms with Crippen molar-refractivity contribution in [2.45, 2.75) is 0 Å². The number of sulfonamides is 1. The minimum atomic E-state index is -3.55. The van der Waals surface area contributed by atoms with Gasteiger partial charge in [0.05, 0.1) is 24.8 Å². The summed E-state index contributed by atoms with van der Waals surface area (Å²) in [6.07, 6.45) is 2.42. The van der Waals surface area contributed by atoms with Crippen LogP contribution in [0.1, 0.15) is 10.6 Å². The lowest BCUT2D eigenvalue weighted by Crippen LogP contribution is -2.38. The van der Waals surface area contributed by atoms with Crippen molar-refractivity contribution in [3.63, 3.8) is 0 Å². The molecule has 1 aromatic carbocycles. The Balaban J connectivity index is 2.02. The molecular formula is C14H15FN2O4S. The molecular weight excluding hydrogens is 311 g/mol. The van der Waals surface area contributed by atoms with Crippen LogP contribution in [-0.2, 0) is 10.0 Å². The largest absolute Gasteiger partial charge is 0.459 e. The molecule has 0 unspecified atom stereocenters. The molecule has 1 amide bonds. The highest BCUT2D eigenvalue weighted by atomic mass is 32.2. The number of nitrogens with zero attached hydrogens (tertiary/aromatic N) is 1. The average molecular weight is 326 g/mol. The molecule has 0 atom stereocenters. The fourth-order valence-corrected chi connectivity index (χ4v) is 2.79. The molecule has 0 aliphatic heterocycles. The van der Waals surface area contributed by atoms with Crippen molar-refractivity contribution in [1.82, 2.24) is 5.32 Å². The van der Waals surface area contributed by atoms with E-state index in [1.807, 2.05) is 0 Å². The molecule has 22 heavy (non-hydrogen) atoms. The van der Waals surface area contributed by atoms with Gasteiger partial charge in [0.25, 0.3) is 5.91 Å². The number of benzene rings is 1. The van der Waals surface area contributed by atoms with Crippen molar-refractivity contribution in [2.24, 2.45) is 0 Å². The van der Waals surface area contributed by atoms with Crippen LogP contribution in [0.3, 0.4) is 0 Å². The van der Waals surface area contributed by atoms with Gasteiger partial charge in [-0.05, 0) is 36.4 Å². The number of carbonyl (C=O) groups is 1. The predicted molar refractivity (Wildman–Crippen MR) is 79.6 cm³/mol. The Morgan fingerprint density at radius 1 is 1.27 bits per heavy atom. The van der Waals surface area contributed by atoms with Crippen LogP contribution in [-0.4, -0.2) is 33.7 Å². The second kappa shape index (κ2) is 6.61. The quantitative estimate of drug-likeness (QED) is 0.875. The number of anilines is 1. The van der Waals surface area contributed by atoms with Crippen molar-refractivity contribution in [1.29, 1.82) is 0 Å². The molecule has 0 spiro atoms. The molecule has 1 aromatic heterocycles. The van der Waals surface area contributed by atoms with Gasteiger partial charge in [-0.3, -0.25) is 9.10 Å². The first-order valence-corrected chi connectivity index (χ1v) is 8.28. The molecule has 0 radical (unpaired) electrons. The van der Waals surface area contributed by atoms with Crippen LogP contribution in [0.2, 0.25) is 0 Å². The van der Waals surface area contributed by atoms with E-state index in [1.165, 1.54) is 36.6 Å². The third-order valence-electron chi connectivity index (χ3n) is 2.86. The Labute approximate surface area is 127 Å². The lowest BCUT2D eigenvalue weighted by atomic mass is 10.3. The van der Waals surface area contributed by atoms with E-state index in [1.54, 1.807) is 6.07 Å². The normalized spacial score (nSPS) is 11.2. The number of amides is 1. The van der Waals surface area contributed by atoms with E-state index in [0.29, 0.717) is 5.69 Å². The predicted octanol–water partition coefficient (Wildman–Crippen LogP) is 1.61. The second-order valence-electron chi connectivity index (χ2n) is 4.54. The molecule has 0 fully saturated rings. The minimum absolute atomic E-state index is 0.0247. The molecule has 0 aliphatic rings. The lowest BCUT2D eigenvalue weighted by molar-refractivity contribution is 0.0927. The molecule has 6 nitrogen and oxygen atoms in total. The van der Waals surface area contributed by atoms with Crippen LogP contribution in [0, 0.1) is 5.82 Å². The second-order valence-corrected chi connectivity index (χ2v) is 6.45. The summed E-state index contributed by atoms with van der Waals surface area (Å²) in [4.78, 5) is 11.7. The highest BCUT2D eigenvalue weighted by Crippen LogP contribution is 2.17. The first-order valence-electron chi connectivity index (χ1n) is 6.43. The maximum absolute atomic E-state index is 12.9. The highest BCUT2D eigenvalue weighted by Gasteiger charge is 2.18. The molecule has 8 heteroatoms. The van der Waals surface area contributed by atoms with Gasteiger partial charge in [-0.2, -0.15) is 0 Å². The smallest absolute Gasteiger partial charge is 0.287 e. The molecule has 0 bridgehead atoms. The summed E-state index contributed by atoms with van der Waals surface area (Å²) in [5, 5.41) is 2.56. The van der Waals surface area contributed by atoms with E-state index in [4.69, 9.17) is 4.42 Å². The Kier molecular flexibility index (Phi) is 4.81. The topological polar surface area (TPSA) is 79.6 Å². The molecule has 2 rings (SSSR count). The van der Waals surface area contributed by atoms with Gasteiger partial charge in [0, 0.05) is 6.54 Å². The minimum Gasteiger partial charge on any atom is -0.459 e. The van der Waals surface area contributed by atoms with Gasteiger partial charge in [-0.15, -0.1) is 0 Å². The fraction of sp³-hybridized carbons (Fsp3) is 0.214. The summed E-state index contributed by atoms with van der Waals surface area (Å²) in [5.41, 5.74) is 0.330. The molecule has 0 aliphatic carbocycles. The number of nitrogens with one attached hydrogen (secondary N) is 1. The van der Waals surface area contributed by atoms with Crippen LogP contribution in [0.5, 0.6) is 0 Å². The molecule has 118 valence electrons. The summed E-state index contributed by atoms with van der Waals surface area (Å²) < 4.78 is 42.6. The summed E-state index contributed by atoms with van der Waals surface area (Å²) in [7, 11) is -3.55. The monoisotopic (exact) mass is 326 g/mol. The van der Waals surface area contributed by atoms with Crippen LogP contribution in [0.25, 0.3) is 0 Å². The van der Waals surface area contributed by atoms with E-state index in [0.717, 1.165) is 10.6 Å². The first kappa shape index (κ1) is 16.0. The zero-order valence-electron chi connectivity index (χ0n) is 11.8. The van der Waals surface area contributed by atoms with E-state index >= 15 is 0 Å². The maximum Gasteiger partial charge on any atom is 0.287 e. The van der Waals surface area contributed by atoms with Crippen LogP contribution >= 0.6 is 0 Å².